The van der Waals surface area contributed by atoms with Crippen LogP contribution in [0, 0.1) is 5.41 Å². The van der Waals surface area contributed by atoms with E-state index in [-0.39, 0.29) is 6.03 Å². The van der Waals surface area contributed by atoms with E-state index in [0.29, 0.717) is 13.1 Å². The predicted octanol–water partition coefficient (Wildman–Crippen LogP) is 1.70. The number of likely N-dealkylation sites (N-methyl/N-ethyl adjacent to an activating group) is 1. The first-order valence-corrected chi connectivity index (χ1v) is 5.63. The molecule has 0 radical (unpaired) electrons. The van der Waals surface area contributed by atoms with Crippen molar-refractivity contribution in [2.24, 2.45) is 5.41 Å². The molecule has 0 saturated heterocycles. The molecule has 0 aromatic rings. The van der Waals surface area contributed by atoms with Gasteiger partial charge in [0.05, 0.1) is 0 Å². The molecule has 0 aliphatic heterocycles. The number of carboxylic acids is 1. The number of carbonyl (C=O) groups is 2. The average Bonchev–Trinajstić information content (AvgIpc) is 2.19. The van der Waals surface area contributed by atoms with Crippen molar-refractivity contribution >= 4 is 12.0 Å². The molecule has 0 aliphatic carbocycles. The van der Waals surface area contributed by atoms with Gasteiger partial charge in [0.15, 0.2) is 0 Å². The monoisotopic (exact) mass is 242 g/mol. The third kappa shape index (κ3) is 4.89. The van der Waals surface area contributed by atoms with Crippen molar-refractivity contribution in [3.63, 3.8) is 0 Å². The molecular weight excluding hydrogens is 220 g/mol. The number of carboxylic acid groups (broad SMARTS) is 1. The summed E-state index contributed by atoms with van der Waals surface area (Å²) in [7, 11) is 0. The van der Waals surface area contributed by atoms with Crippen LogP contribution in [-0.2, 0) is 4.79 Å². The zero-order valence-corrected chi connectivity index (χ0v) is 11.0. The first-order valence-electron chi connectivity index (χ1n) is 5.63. The zero-order chi connectivity index (χ0) is 13.6. The Balaban J connectivity index is 4.72. The minimum atomic E-state index is -1.03. The molecule has 0 aromatic heterocycles. The van der Waals surface area contributed by atoms with E-state index in [0.717, 1.165) is 0 Å². The molecule has 0 rings (SSSR count). The second-order valence-electron chi connectivity index (χ2n) is 4.91. The molecule has 5 heteroatoms. The van der Waals surface area contributed by atoms with E-state index in [2.05, 4.69) is 11.9 Å². The molecule has 2 N–H and O–H groups in total. The molecule has 0 bridgehead atoms. The van der Waals surface area contributed by atoms with Crippen LogP contribution in [0.25, 0.3) is 0 Å². The minimum absolute atomic E-state index is 0.380. The van der Waals surface area contributed by atoms with Crippen molar-refractivity contribution < 1.29 is 14.7 Å². The van der Waals surface area contributed by atoms with Crippen LogP contribution in [0.4, 0.5) is 4.79 Å². The van der Waals surface area contributed by atoms with Gasteiger partial charge >= 0.3 is 12.0 Å². The van der Waals surface area contributed by atoms with Crippen LogP contribution >= 0.6 is 0 Å². The molecule has 17 heavy (non-hydrogen) atoms. The van der Waals surface area contributed by atoms with Gasteiger partial charge in [0, 0.05) is 13.1 Å². The van der Waals surface area contributed by atoms with Gasteiger partial charge in [-0.2, -0.15) is 0 Å². The molecule has 1 atom stereocenters. The molecule has 2 amide bonds. The van der Waals surface area contributed by atoms with E-state index in [1.165, 1.54) is 4.90 Å². The Bertz CT molecular complexity index is 295. The highest BCUT2D eigenvalue weighted by Crippen LogP contribution is 2.19. The molecule has 0 saturated carbocycles. The second kappa shape index (κ2) is 6.27. The van der Waals surface area contributed by atoms with Crippen molar-refractivity contribution in [3.05, 3.63) is 12.7 Å². The van der Waals surface area contributed by atoms with Gasteiger partial charge in [-0.15, -0.1) is 6.58 Å². The van der Waals surface area contributed by atoms with Gasteiger partial charge in [0.25, 0.3) is 0 Å². The lowest BCUT2D eigenvalue weighted by Gasteiger charge is -2.30. The second-order valence-corrected chi connectivity index (χ2v) is 4.91. The summed E-state index contributed by atoms with van der Waals surface area (Å²) in [5, 5.41) is 11.6. The Morgan fingerprint density at radius 3 is 2.29 bits per heavy atom. The summed E-state index contributed by atoms with van der Waals surface area (Å²) < 4.78 is 0. The van der Waals surface area contributed by atoms with Gasteiger partial charge in [-0.1, -0.05) is 26.8 Å². The standard InChI is InChI=1S/C12H22N2O3/c1-6-8-14(7-2)11(17)13-9(10(15)16)12(3,4)5/h6,9H,1,7-8H2,2-5H3,(H,13,17)(H,15,16)/t9-/m0/s1. The normalized spacial score (nSPS) is 12.7. The van der Waals surface area contributed by atoms with E-state index in [9.17, 15) is 9.59 Å². The highest BCUT2D eigenvalue weighted by atomic mass is 16.4. The van der Waals surface area contributed by atoms with Crippen LogP contribution < -0.4 is 5.32 Å². The summed E-state index contributed by atoms with van der Waals surface area (Å²) >= 11 is 0. The van der Waals surface area contributed by atoms with Gasteiger partial charge in [0.1, 0.15) is 6.04 Å². The highest BCUT2D eigenvalue weighted by Gasteiger charge is 2.33. The van der Waals surface area contributed by atoms with E-state index in [4.69, 9.17) is 5.11 Å². The van der Waals surface area contributed by atoms with E-state index in [1.54, 1.807) is 26.8 Å². The Kier molecular flexibility index (Phi) is 5.71. The van der Waals surface area contributed by atoms with Gasteiger partial charge in [-0.25, -0.2) is 9.59 Å². The molecule has 98 valence electrons. The maximum absolute atomic E-state index is 11.8. The number of hydrogen-bond acceptors (Lipinski definition) is 2. The molecule has 0 spiro atoms. The fraction of sp³-hybridized carbons (Fsp3) is 0.667. The van der Waals surface area contributed by atoms with E-state index in [1.807, 2.05) is 6.92 Å². The molecule has 5 nitrogen and oxygen atoms in total. The lowest BCUT2D eigenvalue weighted by molar-refractivity contribution is -0.142. The van der Waals surface area contributed by atoms with Crippen LogP contribution in [0.15, 0.2) is 12.7 Å². The Hall–Kier alpha value is -1.52. The van der Waals surface area contributed by atoms with Gasteiger partial charge < -0.3 is 15.3 Å². The predicted molar refractivity (Wildman–Crippen MR) is 66.9 cm³/mol. The quantitative estimate of drug-likeness (QED) is 0.721. The van der Waals surface area contributed by atoms with Crippen molar-refractivity contribution in [1.29, 1.82) is 0 Å². The lowest BCUT2D eigenvalue weighted by Crippen LogP contribution is -2.53. The van der Waals surface area contributed by atoms with Crippen molar-refractivity contribution in [2.75, 3.05) is 13.1 Å². The summed E-state index contributed by atoms with van der Waals surface area (Å²) in [6.07, 6.45) is 1.61. The largest absolute Gasteiger partial charge is 0.480 e. The number of rotatable bonds is 5. The number of amides is 2. The summed E-state index contributed by atoms with van der Waals surface area (Å²) in [4.78, 5) is 24.4. The maximum Gasteiger partial charge on any atom is 0.326 e. The smallest absolute Gasteiger partial charge is 0.326 e. The number of nitrogens with zero attached hydrogens (tertiary/aromatic N) is 1. The van der Waals surface area contributed by atoms with E-state index >= 15 is 0 Å². The first-order chi connectivity index (χ1) is 7.73. The average molecular weight is 242 g/mol. The Morgan fingerprint density at radius 1 is 1.47 bits per heavy atom. The maximum atomic E-state index is 11.8. The summed E-state index contributed by atoms with van der Waals surface area (Å²) in [6.45, 7) is 11.6. The third-order valence-electron chi connectivity index (χ3n) is 2.40. The number of urea groups is 1. The molecule has 0 aromatic carbocycles. The summed E-state index contributed by atoms with van der Waals surface area (Å²) in [6, 6.07) is -1.29. The molecule has 0 heterocycles. The third-order valence-corrected chi connectivity index (χ3v) is 2.40. The van der Waals surface area contributed by atoms with Crippen LogP contribution in [0.5, 0.6) is 0 Å². The zero-order valence-electron chi connectivity index (χ0n) is 11.0. The number of carbonyl (C=O) groups excluding carboxylic acids is 1. The van der Waals surface area contributed by atoms with Crippen molar-refractivity contribution in [2.45, 2.75) is 33.7 Å². The highest BCUT2D eigenvalue weighted by molar-refractivity contribution is 5.83. The van der Waals surface area contributed by atoms with Gasteiger partial charge in [0.2, 0.25) is 0 Å². The SMILES string of the molecule is C=CCN(CC)C(=O)N[C@@H](C(=O)O)C(C)(C)C. The number of hydrogen-bond donors (Lipinski definition) is 2. The van der Waals surface area contributed by atoms with E-state index < -0.39 is 17.4 Å². The molecule has 0 fully saturated rings. The Morgan fingerprint density at radius 2 is 2.00 bits per heavy atom. The fourth-order valence-corrected chi connectivity index (χ4v) is 1.37. The van der Waals surface area contributed by atoms with Crippen LogP contribution in [0.1, 0.15) is 27.7 Å². The van der Waals surface area contributed by atoms with Gasteiger partial charge in [-0.05, 0) is 12.3 Å². The first kappa shape index (κ1) is 15.5. The topological polar surface area (TPSA) is 69.6 Å². The fourth-order valence-electron chi connectivity index (χ4n) is 1.37. The molecule has 0 unspecified atom stereocenters. The minimum Gasteiger partial charge on any atom is -0.480 e. The Labute approximate surface area is 102 Å². The molecular formula is C12H22N2O3. The number of nitrogens with one attached hydrogen (secondary N) is 1. The van der Waals surface area contributed by atoms with Crippen LogP contribution in [0.2, 0.25) is 0 Å². The lowest BCUT2D eigenvalue weighted by atomic mass is 9.87. The molecule has 0 aliphatic rings. The van der Waals surface area contributed by atoms with Crippen molar-refractivity contribution in [1.82, 2.24) is 10.2 Å². The number of aliphatic carboxylic acids is 1. The summed E-state index contributed by atoms with van der Waals surface area (Å²) in [5.41, 5.74) is -0.533. The van der Waals surface area contributed by atoms with Crippen LogP contribution in [0.3, 0.4) is 0 Å². The van der Waals surface area contributed by atoms with Gasteiger partial charge in [-0.3, -0.25) is 0 Å². The summed E-state index contributed by atoms with van der Waals surface area (Å²) in [5.74, 6) is -1.03. The van der Waals surface area contributed by atoms with Crippen LogP contribution in [-0.4, -0.2) is 41.1 Å². The van der Waals surface area contributed by atoms with Crippen molar-refractivity contribution in [3.8, 4) is 0 Å².